The Labute approximate surface area is 357 Å². The van der Waals surface area contributed by atoms with E-state index in [-0.39, 0.29) is 5.82 Å². The lowest BCUT2D eigenvalue weighted by Gasteiger charge is -2.29. The number of fused-ring (bicyclic) bond motifs is 3. The van der Waals surface area contributed by atoms with Crippen LogP contribution in [0.2, 0.25) is 0 Å². The van der Waals surface area contributed by atoms with Gasteiger partial charge >= 0.3 is 0 Å². The summed E-state index contributed by atoms with van der Waals surface area (Å²) < 4.78 is 17.8. The SMILES string of the molecule is Cc1cc(N(c2ccccc2)c2ccc3ccc4cccc5ccc2c3c45)cc2c1ccc1c(F)c(N(c3ccccc3)c3ccc4ccc5cccc6ccc3c4c56)ccc12. The summed E-state index contributed by atoms with van der Waals surface area (Å²) in [6.45, 7) is 2.17. The van der Waals surface area contributed by atoms with Crippen molar-refractivity contribution in [1.82, 2.24) is 0 Å². The molecule has 0 radical (unpaired) electrons. The van der Waals surface area contributed by atoms with Gasteiger partial charge in [0.25, 0.3) is 0 Å². The lowest BCUT2D eigenvalue weighted by Crippen LogP contribution is -2.12. The van der Waals surface area contributed by atoms with Crippen molar-refractivity contribution in [3.8, 4) is 0 Å². The number of anilines is 6. The summed E-state index contributed by atoms with van der Waals surface area (Å²) in [6, 6.07) is 73.1. The van der Waals surface area contributed by atoms with Crippen LogP contribution < -0.4 is 9.80 Å². The van der Waals surface area contributed by atoms with Crippen LogP contribution in [0.3, 0.4) is 0 Å². The van der Waals surface area contributed by atoms with Crippen molar-refractivity contribution in [3.63, 3.8) is 0 Å². The van der Waals surface area contributed by atoms with Crippen molar-refractivity contribution in [2.24, 2.45) is 0 Å². The van der Waals surface area contributed by atoms with E-state index >= 15 is 4.39 Å². The standard InChI is InChI=1S/C59H37FN2/c1-36-34-45(61(43-14-4-2-5-15-43)52-31-24-41-20-18-37-10-8-12-39-22-26-49(52)57(41)55(37)39)35-51-46(36)28-29-48-47(51)30-33-54(59(48)60)62(44-16-6-3-7-17-44)53-32-25-42-21-19-38-11-9-13-40-23-27-50(53)58(42)56(38)40/h2-35H,1H3. The monoisotopic (exact) mass is 792 g/mol. The highest BCUT2D eigenvalue weighted by molar-refractivity contribution is 6.27. The van der Waals surface area contributed by atoms with Crippen LogP contribution in [0.15, 0.2) is 206 Å². The van der Waals surface area contributed by atoms with Gasteiger partial charge in [-0.15, -0.1) is 0 Å². The molecule has 13 rings (SSSR count). The number of benzene rings is 13. The third-order valence-electron chi connectivity index (χ3n) is 13.3. The molecule has 0 heterocycles. The zero-order valence-corrected chi connectivity index (χ0v) is 33.9. The van der Waals surface area contributed by atoms with Crippen molar-refractivity contribution < 1.29 is 4.39 Å². The summed E-state index contributed by atoms with van der Waals surface area (Å²) >= 11 is 0. The molecular weight excluding hydrogens is 756 g/mol. The van der Waals surface area contributed by atoms with E-state index in [2.05, 4.69) is 193 Å². The van der Waals surface area contributed by atoms with Gasteiger partial charge in [-0.2, -0.15) is 0 Å². The smallest absolute Gasteiger partial charge is 0.155 e. The van der Waals surface area contributed by atoms with Gasteiger partial charge in [-0.3, -0.25) is 0 Å². The minimum Gasteiger partial charge on any atom is -0.310 e. The topological polar surface area (TPSA) is 6.48 Å². The zero-order valence-electron chi connectivity index (χ0n) is 33.9. The fourth-order valence-electron chi connectivity index (χ4n) is 10.5. The van der Waals surface area contributed by atoms with Crippen LogP contribution in [0.4, 0.5) is 38.5 Å². The molecule has 62 heavy (non-hydrogen) atoms. The van der Waals surface area contributed by atoms with Gasteiger partial charge in [0.05, 0.1) is 17.1 Å². The van der Waals surface area contributed by atoms with Crippen molar-refractivity contribution >= 4 is 120 Å². The van der Waals surface area contributed by atoms with Crippen LogP contribution >= 0.6 is 0 Å². The number of nitrogens with zero attached hydrogens (tertiary/aromatic N) is 2. The minimum absolute atomic E-state index is 0.256. The first kappa shape index (κ1) is 34.8. The largest absolute Gasteiger partial charge is 0.310 e. The molecule has 0 aliphatic heterocycles. The molecule has 0 atom stereocenters. The van der Waals surface area contributed by atoms with Gasteiger partial charge < -0.3 is 9.80 Å². The molecule has 0 fully saturated rings. The zero-order chi connectivity index (χ0) is 41.1. The second-order valence-electron chi connectivity index (χ2n) is 16.6. The summed E-state index contributed by atoms with van der Waals surface area (Å²) in [7, 11) is 0. The van der Waals surface area contributed by atoms with E-state index in [4.69, 9.17) is 0 Å². The first-order valence-electron chi connectivity index (χ1n) is 21.3. The van der Waals surface area contributed by atoms with Gasteiger partial charge in [0.2, 0.25) is 0 Å². The van der Waals surface area contributed by atoms with Crippen LogP contribution in [-0.4, -0.2) is 0 Å². The lowest BCUT2D eigenvalue weighted by atomic mass is 9.92. The van der Waals surface area contributed by atoms with Gasteiger partial charge in [0.1, 0.15) is 0 Å². The van der Waals surface area contributed by atoms with Gasteiger partial charge in [0.15, 0.2) is 5.82 Å². The summed E-state index contributed by atoms with van der Waals surface area (Å²) in [6.07, 6.45) is 0. The third kappa shape index (κ3) is 5.03. The highest BCUT2D eigenvalue weighted by Crippen LogP contribution is 2.48. The summed E-state index contributed by atoms with van der Waals surface area (Å²) in [5, 5.41) is 18.1. The molecule has 0 saturated heterocycles. The maximum absolute atomic E-state index is 17.8. The van der Waals surface area contributed by atoms with E-state index < -0.39 is 0 Å². The molecule has 3 heteroatoms. The predicted molar refractivity (Wildman–Crippen MR) is 263 cm³/mol. The van der Waals surface area contributed by atoms with Crippen LogP contribution in [-0.2, 0) is 0 Å². The van der Waals surface area contributed by atoms with E-state index in [0.29, 0.717) is 11.1 Å². The molecular formula is C59H37FN2. The maximum atomic E-state index is 17.8. The quantitative estimate of drug-likeness (QED) is 0.155. The van der Waals surface area contributed by atoms with E-state index in [1.54, 1.807) is 0 Å². The average molecular weight is 793 g/mol. The number of para-hydroxylation sites is 2. The first-order valence-corrected chi connectivity index (χ1v) is 21.3. The van der Waals surface area contributed by atoms with Crippen molar-refractivity contribution in [2.45, 2.75) is 6.92 Å². The second-order valence-corrected chi connectivity index (χ2v) is 16.6. The lowest BCUT2D eigenvalue weighted by molar-refractivity contribution is 0.641. The Morgan fingerprint density at radius 2 is 0.710 bits per heavy atom. The molecule has 0 amide bonds. The molecule has 0 spiro atoms. The second kappa shape index (κ2) is 13.2. The van der Waals surface area contributed by atoms with E-state index in [9.17, 15) is 0 Å². The molecule has 0 unspecified atom stereocenters. The summed E-state index contributed by atoms with van der Waals surface area (Å²) in [4.78, 5) is 4.46. The molecule has 0 bridgehead atoms. The Morgan fingerprint density at radius 1 is 0.290 bits per heavy atom. The maximum Gasteiger partial charge on any atom is 0.155 e. The predicted octanol–water partition coefficient (Wildman–Crippen LogP) is 17.2. The van der Waals surface area contributed by atoms with Crippen molar-refractivity contribution in [3.05, 3.63) is 218 Å². The van der Waals surface area contributed by atoms with Crippen LogP contribution in [0.5, 0.6) is 0 Å². The van der Waals surface area contributed by atoms with Crippen molar-refractivity contribution in [2.75, 3.05) is 9.80 Å². The Morgan fingerprint density at radius 3 is 1.27 bits per heavy atom. The molecule has 0 aliphatic rings. The summed E-state index contributed by atoms with van der Waals surface area (Å²) in [5.41, 5.74) is 6.64. The molecule has 290 valence electrons. The van der Waals surface area contributed by atoms with Gasteiger partial charge in [-0.1, -0.05) is 152 Å². The third-order valence-corrected chi connectivity index (χ3v) is 13.3. The highest BCUT2D eigenvalue weighted by atomic mass is 19.1. The van der Waals surface area contributed by atoms with Gasteiger partial charge in [-0.05, 0) is 137 Å². The van der Waals surface area contributed by atoms with Crippen LogP contribution in [0.1, 0.15) is 5.56 Å². The molecule has 0 aromatic heterocycles. The van der Waals surface area contributed by atoms with Gasteiger partial charge in [0, 0.05) is 33.2 Å². The number of aryl methyl sites for hydroxylation is 1. The normalized spacial score (nSPS) is 12.0. The first-order chi connectivity index (χ1) is 30.6. The Bertz CT molecular complexity index is 3860. The number of rotatable bonds is 6. The average Bonchev–Trinajstić information content (AvgIpc) is 3.32. The van der Waals surface area contributed by atoms with Crippen LogP contribution in [0.25, 0.3) is 86.2 Å². The fourth-order valence-corrected chi connectivity index (χ4v) is 10.5. The molecule has 13 aromatic rings. The molecule has 13 aromatic carbocycles. The Balaban J connectivity index is 1.03. The molecule has 2 nitrogen and oxygen atoms in total. The summed E-state index contributed by atoms with van der Waals surface area (Å²) in [5.74, 6) is -0.256. The van der Waals surface area contributed by atoms with Gasteiger partial charge in [-0.25, -0.2) is 4.39 Å². The fraction of sp³-hybridized carbons (Fsp3) is 0.0169. The molecule has 0 N–H and O–H groups in total. The Hall–Kier alpha value is -8.01. The van der Waals surface area contributed by atoms with E-state index in [0.717, 1.165) is 55.5 Å². The Kier molecular flexibility index (Phi) is 7.44. The number of halogens is 1. The van der Waals surface area contributed by atoms with E-state index in [1.165, 1.54) is 59.2 Å². The molecule has 0 aliphatic carbocycles. The van der Waals surface area contributed by atoms with Crippen molar-refractivity contribution in [1.29, 1.82) is 0 Å². The highest BCUT2D eigenvalue weighted by Gasteiger charge is 2.24. The van der Waals surface area contributed by atoms with E-state index in [1.807, 2.05) is 30.3 Å². The number of hydrogen-bond donors (Lipinski definition) is 0. The van der Waals surface area contributed by atoms with Crippen LogP contribution in [0, 0.1) is 12.7 Å². The number of hydrogen-bond acceptors (Lipinski definition) is 2. The minimum atomic E-state index is -0.256. The molecule has 0 saturated carbocycles.